The number of carbonyl (C=O) groups is 2. The molecule has 0 radical (unpaired) electrons. The second kappa shape index (κ2) is 10.1. The van der Waals surface area contributed by atoms with E-state index in [1.54, 1.807) is 23.6 Å². The van der Waals surface area contributed by atoms with Crippen LogP contribution in [0.5, 0.6) is 0 Å². The van der Waals surface area contributed by atoms with Crippen LogP contribution >= 0.6 is 34.5 Å². The normalized spacial score (nSPS) is 16.0. The van der Waals surface area contributed by atoms with Gasteiger partial charge in [-0.25, -0.2) is 4.98 Å². The van der Waals surface area contributed by atoms with Gasteiger partial charge in [-0.05, 0) is 25.0 Å². The number of thiazole rings is 1. The molecule has 1 aromatic carbocycles. The molecule has 7 nitrogen and oxygen atoms in total. The van der Waals surface area contributed by atoms with E-state index in [0.29, 0.717) is 27.4 Å². The summed E-state index contributed by atoms with van der Waals surface area (Å²) in [7, 11) is 0. The van der Waals surface area contributed by atoms with Crippen LogP contribution in [0.1, 0.15) is 29.8 Å². The first kappa shape index (κ1) is 20.9. The molecule has 1 saturated heterocycles. The molecule has 28 heavy (non-hydrogen) atoms. The number of nitrogens with zero attached hydrogens (tertiary/aromatic N) is 1. The number of ether oxygens (including phenoxy) is 1. The van der Waals surface area contributed by atoms with Crippen molar-refractivity contribution in [2.75, 3.05) is 25.0 Å². The highest BCUT2D eigenvalue weighted by Crippen LogP contribution is 2.32. The van der Waals surface area contributed by atoms with Gasteiger partial charge in [-0.1, -0.05) is 29.3 Å². The van der Waals surface area contributed by atoms with E-state index in [1.807, 2.05) is 0 Å². The minimum Gasteiger partial charge on any atom is -0.376 e. The van der Waals surface area contributed by atoms with E-state index in [2.05, 4.69) is 20.9 Å². The fourth-order valence-corrected chi connectivity index (χ4v) is 3.70. The Hall–Kier alpha value is -1.87. The smallest absolute Gasteiger partial charge is 0.270 e. The number of benzene rings is 1. The highest BCUT2D eigenvalue weighted by Gasteiger charge is 2.16. The molecule has 1 unspecified atom stereocenters. The summed E-state index contributed by atoms with van der Waals surface area (Å²) >= 11 is 13.4. The van der Waals surface area contributed by atoms with Crippen molar-refractivity contribution >= 4 is 57.2 Å². The Morgan fingerprint density at radius 2 is 2.14 bits per heavy atom. The van der Waals surface area contributed by atoms with Crippen molar-refractivity contribution in [1.82, 2.24) is 15.6 Å². The van der Waals surface area contributed by atoms with Crippen molar-refractivity contribution in [3.8, 4) is 0 Å². The summed E-state index contributed by atoms with van der Waals surface area (Å²) in [6.45, 7) is 1.50. The van der Waals surface area contributed by atoms with Gasteiger partial charge in [0.25, 0.3) is 5.91 Å². The van der Waals surface area contributed by atoms with E-state index < -0.39 is 0 Å². The Labute approximate surface area is 176 Å². The second-order valence-electron chi connectivity index (χ2n) is 6.21. The lowest BCUT2D eigenvalue weighted by Crippen LogP contribution is -2.34. The van der Waals surface area contributed by atoms with Gasteiger partial charge in [-0.2, -0.15) is 0 Å². The van der Waals surface area contributed by atoms with Crippen molar-refractivity contribution < 1.29 is 14.3 Å². The molecule has 2 heterocycles. The van der Waals surface area contributed by atoms with Crippen LogP contribution in [0.15, 0.2) is 23.6 Å². The Kier molecular flexibility index (Phi) is 7.50. The van der Waals surface area contributed by atoms with Gasteiger partial charge in [0.15, 0.2) is 5.13 Å². The van der Waals surface area contributed by atoms with Crippen molar-refractivity contribution in [2.24, 2.45) is 0 Å². The number of hydrogen-bond acceptors (Lipinski definition) is 6. The van der Waals surface area contributed by atoms with E-state index in [4.69, 9.17) is 27.9 Å². The van der Waals surface area contributed by atoms with Gasteiger partial charge in [0.1, 0.15) is 5.69 Å². The lowest BCUT2D eigenvalue weighted by molar-refractivity contribution is -0.121. The molecule has 1 aliphatic heterocycles. The molecule has 2 aromatic rings. The molecule has 1 aliphatic rings. The maximum atomic E-state index is 12.2. The molecule has 0 saturated carbocycles. The zero-order valence-electron chi connectivity index (χ0n) is 15.0. The first-order valence-electron chi connectivity index (χ1n) is 8.86. The summed E-state index contributed by atoms with van der Waals surface area (Å²) < 4.78 is 5.45. The van der Waals surface area contributed by atoms with E-state index in [-0.39, 0.29) is 36.6 Å². The molecule has 1 atom stereocenters. The minimum atomic E-state index is -0.339. The van der Waals surface area contributed by atoms with E-state index in [1.165, 1.54) is 11.3 Å². The predicted octanol–water partition coefficient (Wildman–Crippen LogP) is 3.61. The summed E-state index contributed by atoms with van der Waals surface area (Å²) in [4.78, 5) is 28.2. The number of rotatable bonds is 8. The first-order chi connectivity index (χ1) is 13.5. The summed E-state index contributed by atoms with van der Waals surface area (Å²) in [5.41, 5.74) is 0.879. The lowest BCUT2D eigenvalue weighted by atomic mass is 10.2. The van der Waals surface area contributed by atoms with Crippen LogP contribution in [0.3, 0.4) is 0 Å². The number of carbonyl (C=O) groups excluding carboxylic acids is 2. The number of hydrogen-bond donors (Lipinski definition) is 3. The maximum Gasteiger partial charge on any atom is 0.270 e. The monoisotopic (exact) mass is 442 g/mol. The molecule has 2 amide bonds. The van der Waals surface area contributed by atoms with E-state index in [0.717, 1.165) is 19.4 Å². The molecular weight excluding hydrogens is 423 g/mol. The van der Waals surface area contributed by atoms with Crippen molar-refractivity contribution in [1.29, 1.82) is 0 Å². The van der Waals surface area contributed by atoms with Gasteiger partial charge >= 0.3 is 0 Å². The molecule has 3 N–H and O–H groups in total. The zero-order chi connectivity index (χ0) is 19.9. The van der Waals surface area contributed by atoms with Gasteiger partial charge in [0.05, 0.1) is 21.8 Å². The molecule has 0 aliphatic carbocycles. The summed E-state index contributed by atoms with van der Waals surface area (Å²) in [6, 6.07) is 5.22. The predicted molar refractivity (Wildman–Crippen MR) is 111 cm³/mol. The number of aromatic nitrogens is 1. The van der Waals surface area contributed by atoms with Crippen LogP contribution in [0.25, 0.3) is 0 Å². The second-order valence-corrected chi connectivity index (χ2v) is 7.85. The number of halogens is 2. The minimum absolute atomic E-state index is 0.104. The topological polar surface area (TPSA) is 92.4 Å². The van der Waals surface area contributed by atoms with Crippen LogP contribution < -0.4 is 16.0 Å². The third-order valence-electron chi connectivity index (χ3n) is 4.12. The first-order valence-corrected chi connectivity index (χ1v) is 10.5. The molecular formula is C18H20Cl2N4O3S. The molecule has 0 spiro atoms. The van der Waals surface area contributed by atoms with E-state index in [9.17, 15) is 9.59 Å². The summed E-state index contributed by atoms with van der Waals surface area (Å²) in [5.74, 6) is -0.458. The maximum absolute atomic E-state index is 12.2. The van der Waals surface area contributed by atoms with Crippen molar-refractivity contribution in [3.05, 3.63) is 39.3 Å². The van der Waals surface area contributed by atoms with Gasteiger partial charge in [0.2, 0.25) is 5.91 Å². The third kappa shape index (κ3) is 5.81. The van der Waals surface area contributed by atoms with Gasteiger partial charge < -0.3 is 20.7 Å². The molecule has 150 valence electrons. The molecule has 0 bridgehead atoms. The number of anilines is 2. The highest BCUT2D eigenvalue weighted by atomic mass is 35.5. The van der Waals surface area contributed by atoms with Crippen LogP contribution in [0.4, 0.5) is 10.8 Å². The highest BCUT2D eigenvalue weighted by molar-refractivity contribution is 7.14. The van der Waals surface area contributed by atoms with Gasteiger partial charge in [0, 0.05) is 31.5 Å². The van der Waals surface area contributed by atoms with Gasteiger partial charge in [-0.15, -0.1) is 11.3 Å². The van der Waals surface area contributed by atoms with Crippen molar-refractivity contribution in [2.45, 2.75) is 25.4 Å². The Morgan fingerprint density at radius 3 is 2.93 bits per heavy atom. The fourth-order valence-electron chi connectivity index (χ4n) is 2.65. The third-order valence-corrected chi connectivity index (χ3v) is 5.70. The zero-order valence-corrected chi connectivity index (χ0v) is 17.3. The summed E-state index contributed by atoms with van der Waals surface area (Å²) in [6.07, 6.45) is 2.31. The number of nitrogens with one attached hydrogen (secondary N) is 3. The largest absolute Gasteiger partial charge is 0.376 e. The Bertz CT molecular complexity index is 840. The molecule has 3 rings (SSSR count). The molecule has 10 heteroatoms. The van der Waals surface area contributed by atoms with Gasteiger partial charge in [-0.3, -0.25) is 9.59 Å². The fraction of sp³-hybridized carbons (Fsp3) is 0.389. The Morgan fingerprint density at radius 1 is 1.29 bits per heavy atom. The number of amides is 2. The lowest BCUT2D eigenvalue weighted by Gasteiger charge is -2.10. The SMILES string of the molecule is O=C(CCNC(=O)c1csc(Nc2cccc(Cl)c2Cl)n1)NCC1CCCO1. The average molecular weight is 443 g/mol. The standard InChI is InChI=1S/C18H20Cl2N4O3S/c19-12-4-1-5-13(16(12)20)23-18-24-14(10-28-18)17(26)21-7-6-15(25)22-9-11-3-2-8-27-11/h1,4-5,10-11H,2-3,6-9H2,(H,21,26)(H,22,25)(H,23,24). The van der Waals surface area contributed by atoms with Crippen LogP contribution in [0.2, 0.25) is 10.0 Å². The van der Waals surface area contributed by atoms with Crippen LogP contribution in [-0.4, -0.2) is 42.6 Å². The molecule has 1 aromatic heterocycles. The quantitative estimate of drug-likeness (QED) is 0.580. The summed E-state index contributed by atoms with van der Waals surface area (Å²) in [5, 5.41) is 11.5. The molecule has 1 fully saturated rings. The Balaban J connectivity index is 1.42. The van der Waals surface area contributed by atoms with Crippen LogP contribution in [-0.2, 0) is 9.53 Å². The van der Waals surface area contributed by atoms with Crippen molar-refractivity contribution in [3.63, 3.8) is 0 Å². The van der Waals surface area contributed by atoms with E-state index >= 15 is 0 Å². The van der Waals surface area contributed by atoms with Crippen LogP contribution in [0, 0.1) is 0 Å². The average Bonchev–Trinajstić information content (AvgIpc) is 3.36.